The zero-order valence-corrected chi connectivity index (χ0v) is 26.4. The second kappa shape index (κ2) is 12.6. The maximum Gasteiger partial charge on any atom is 0.278 e. The molecule has 1 aromatic carbocycles. The van der Waals surface area contributed by atoms with E-state index >= 15 is 13.2 Å². The van der Waals surface area contributed by atoms with Crippen LogP contribution in [0.2, 0.25) is 0 Å². The average molecular weight is 641 g/mol. The molecule has 11 heteroatoms. The van der Waals surface area contributed by atoms with Gasteiger partial charge in [0.25, 0.3) is 12.3 Å². The van der Waals surface area contributed by atoms with Crippen molar-refractivity contribution in [3.8, 4) is 6.07 Å². The Hall–Kier alpha value is -3.52. The molecule has 0 spiro atoms. The van der Waals surface area contributed by atoms with E-state index in [2.05, 4.69) is 22.9 Å². The lowest BCUT2D eigenvalue weighted by Gasteiger charge is -2.40. The number of fused-ring (bicyclic) bond motifs is 9. The number of nitrogens with one attached hydrogen (secondary N) is 1. The molecular weight excluding hydrogens is 599 g/mol. The molecule has 6 nitrogen and oxygen atoms in total. The number of halogens is 5. The van der Waals surface area contributed by atoms with Gasteiger partial charge in [-0.15, -0.1) is 0 Å². The zero-order valence-electron chi connectivity index (χ0n) is 26.4. The van der Waals surface area contributed by atoms with E-state index in [0.29, 0.717) is 54.5 Å². The fourth-order valence-corrected chi connectivity index (χ4v) is 7.42. The molecule has 1 unspecified atom stereocenters. The van der Waals surface area contributed by atoms with Gasteiger partial charge in [-0.1, -0.05) is 44.0 Å². The third kappa shape index (κ3) is 5.89. The maximum atomic E-state index is 16.1. The van der Waals surface area contributed by atoms with Crippen LogP contribution in [-0.2, 0) is 5.92 Å². The summed E-state index contributed by atoms with van der Waals surface area (Å²) >= 11 is 0. The second-order valence-electron chi connectivity index (χ2n) is 13.3. The Morgan fingerprint density at radius 2 is 1.76 bits per heavy atom. The molecule has 8 bridgehead atoms. The van der Waals surface area contributed by atoms with Gasteiger partial charge in [-0.05, 0) is 77.1 Å². The summed E-state index contributed by atoms with van der Waals surface area (Å²) in [7, 11) is 0. The van der Waals surface area contributed by atoms with Crippen LogP contribution < -0.4 is 10.2 Å². The Morgan fingerprint density at radius 3 is 2.43 bits per heavy atom. The van der Waals surface area contributed by atoms with Crippen molar-refractivity contribution in [2.24, 2.45) is 11.3 Å². The molecule has 2 atom stereocenters. The van der Waals surface area contributed by atoms with Gasteiger partial charge >= 0.3 is 0 Å². The number of hydrogen-bond donors (Lipinski definition) is 1. The van der Waals surface area contributed by atoms with E-state index in [0.717, 1.165) is 30.9 Å². The SMILES string of the molecule is C=C1C(C2(C#N)CC2)=Cc2c3nc(C)nc2N1CCCCCCC(C(F)F)N1CCC(CC1)C(F)(F)c1cccc(c1F)[C@@H](C)N3. The number of rotatable bonds is 2. The summed E-state index contributed by atoms with van der Waals surface area (Å²) in [6.07, 6.45) is 3.94. The smallest absolute Gasteiger partial charge is 0.278 e. The first-order valence-corrected chi connectivity index (χ1v) is 16.4. The summed E-state index contributed by atoms with van der Waals surface area (Å²) in [6.45, 7) is 8.63. The van der Waals surface area contributed by atoms with Crippen LogP contribution in [0.25, 0.3) is 6.08 Å². The minimum atomic E-state index is -3.47. The van der Waals surface area contributed by atoms with Crippen LogP contribution in [-0.4, -0.2) is 47.0 Å². The predicted octanol–water partition coefficient (Wildman–Crippen LogP) is 8.52. The van der Waals surface area contributed by atoms with Gasteiger partial charge in [0.05, 0.1) is 34.7 Å². The van der Waals surface area contributed by atoms with Crippen molar-refractivity contribution in [3.05, 3.63) is 64.4 Å². The molecule has 46 heavy (non-hydrogen) atoms. The van der Waals surface area contributed by atoms with E-state index in [1.165, 1.54) is 12.1 Å². The number of nitriles is 1. The second-order valence-corrected chi connectivity index (χ2v) is 13.3. The molecule has 2 fully saturated rings. The first-order chi connectivity index (χ1) is 22.0. The molecule has 2 aromatic rings. The van der Waals surface area contributed by atoms with Crippen LogP contribution in [0.1, 0.15) is 93.3 Å². The number of piperidine rings is 1. The number of anilines is 2. The van der Waals surface area contributed by atoms with Crippen LogP contribution in [0.4, 0.5) is 33.6 Å². The highest BCUT2D eigenvalue weighted by molar-refractivity contribution is 5.84. The molecule has 5 aliphatic rings. The normalized spacial score (nSPS) is 27.7. The summed E-state index contributed by atoms with van der Waals surface area (Å²) < 4.78 is 76.3. The van der Waals surface area contributed by atoms with E-state index in [1.54, 1.807) is 18.7 Å². The number of allylic oxidation sites excluding steroid dienone is 1. The molecule has 4 aliphatic heterocycles. The van der Waals surface area contributed by atoms with Gasteiger partial charge in [-0.2, -0.15) is 5.26 Å². The monoisotopic (exact) mass is 640 g/mol. The van der Waals surface area contributed by atoms with Gasteiger partial charge in [0.1, 0.15) is 23.3 Å². The molecule has 0 radical (unpaired) electrons. The lowest BCUT2D eigenvalue weighted by atomic mass is 9.84. The molecule has 1 aliphatic carbocycles. The van der Waals surface area contributed by atoms with E-state index < -0.39 is 47.1 Å². The van der Waals surface area contributed by atoms with Crippen LogP contribution in [0.5, 0.6) is 0 Å². The molecule has 1 saturated heterocycles. The maximum absolute atomic E-state index is 16.1. The van der Waals surface area contributed by atoms with Crippen LogP contribution in [0.3, 0.4) is 0 Å². The van der Waals surface area contributed by atoms with E-state index in [9.17, 15) is 14.0 Å². The number of alkyl halides is 4. The quantitative estimate of drug-likeness (QED) is 0.332. The van der Waals surface area contributed by atoms with Gasteiger partial charge in [0, 0.05) is 23.7 Å². The largest absolute Gasteiger partial charge is 0.363 e. The van der Waals surface area contributed by atoms with E-state index in [1.807, 2.05) is 11.0 Å². The van der Waals surface area contributed by atoms with Crippen molar-refractivity contribution < 1.29 is 22.0 Å². The van der Waals surface area contributed by atoms with Crippen molar-refractivity contribution in [2.45, 2.75) is 96.1 Å². The van der Waals surface area contributed by atoms with Crippen LogP contribution in [0.15, 0.2) is 36.0 Å². The number of benzene rings is 1. The molecule has 1 N–H and O–H groups in total. The minimum Gasteiger partial charge on any atom is -0.363 e. The number of aromatic nitrogens is 2. The highest BCUT2D eigenvalue weighted by Crippen LogP contribution is 2.56. The van der Waals surface area contributed by atoms with Gasteiger partial charge in [-0.3, -0.25) is 4.90 Å². The van der Waals surface area contributed by atoms with Gasteiger partial charge < -0.3 is 10.2 Å². The van der Waals surface area contributed by atoms with Gasteiger partial charge in [0.15, 0.2) is 0 Å². The number of aryl methyl sites for hydroxylation is 1. The van der Waals surface area contributed by atoms with Crippen molar-refractivity contribution in [1.29, 1.82) is 5.26 Å². The molecule has 7 rings (SSSR count). The van der Waals surface area contributed by atoms with E-state index in [-0.39, 0.29) is 37.9 Å². The van der Waals surface area contributed by atoms with Gasteiger partial charge in [-0.25, -0.2) is 31.9 Å². The summed E-state index contributed by atoms with van der Waals surface area (Å²) in [6, 6.07) is 4.78. The first-order valence-electron chi connectivity index (χ1n) is 16.4. The standard InChI is InChI=1S/C35H41F5N6/c1-21-25-9-8-10-27(30(25)36)35(39,40)24-12-17-45(18-13-24)29(31(37)38)11-6-4-5-7-16-46-22(2)28(34(20-41)14-15-34)19-26-32(42-21)43-23(3)44-33(26)46/h8-10,19,21,24,29,31H,2,4-7,11-18H2,1,3H3,(H,42,43,44)/t21-,29?/m1/s1. The first kappa shape index (κ1) is 32.4. The molecule has 5 heterocycles. The Labute approximate surface area is 267 Å². The molecular formula is C35H41F5N6. The minimum absolute atomic E-state index is 0.0125. The Balaban J connectivity index is 1.41. The van der Waals surface area contributed by atoms with Crippen molar-refractivity contribution in [3.63, 3.8) is 0 Å². The summed E-state index contributed by atoms with van der Waals surface area (Å²) in [4.78, 5) is 13.0. The Bertz CT molecular complexity index is 1550. The summed E-state index contributed by atoms with van der Waals surface area (Å²) in [5.41, 5.74) is 0.868. The third-order valence-electron chi connectivity index (χ3n) is 10.3. The van der Waals surface area contributed by atoms with Crippen LogP contribution in [0, 0.1) is 35.4 Å². The number of hydrogen-bond acceptors (Lipinski definition) is 6. The Kier molecular flexibility index (Phi) is 8.87. The lowest BCUT2D eigenvalue weighted by Crippen LogP contribution is -2.47. The van der Waals surface area contributed by atoms with E-state index in [4.69, 9.17) is 4.98 Å². The Morgan fingerprint density at radius 1 is 1.04 bits per heavy atom. The summed E-state index contributed by atoms with van der Waals surface area (Å²) in [5, 5.41) is 13.4. The zero-order chi connectivity index (χ0) is 32.8. The topological polar surface area (TPSA) is 68.1 Å². The fourth-order valence-electron chi connectivity index (χ4n) is 7.42. The van der Waals surface area contributed by atoms with Crippen LogP contribution >= 0.6 is 0 Å². The average Bonchev–Trinajstić information content (AvgIpc) is 3.82. The lowest BCUT2D eigenvalue weighted by molar-refractivity contribution is -0.0976. The van der Waals surface area contributed by atoms with Crippen molar-refractivity contribution >= 4 is 17.7 Å². The van der Waals surface area contributed by atoms with Crippen molar-refractivity contribution in [2.75, 3.05) is 29.9 Å². The summed E-state index contributed by atoms with van der Waals surface area (Å²) in [5.74, 6) is -4.11. The molecule has 0 amide bonds. The fraction of sp³-hybridized carbons (Fsp3) is 0.571. The third-order valence-corrected chi connectivity index (χ3v) is 10.3. The van der Waals surface area contributed by atoms with Crippen molar-refractivity contribution in [1.82, 2.24) is 14.9 Å². The highest BCUT2D eigenvalue weighted by Gasteiger charge is 2.50. The molecule has 246 valence electrons. The molecule has 1 aromatic heterocycles. The number of nitrogens with zero attached hydrogens (tertiary/aromatic N) is 5. The predicted molar refractivity (Wildman–Crippen MR) is 168 cm³/mol. The van der Waals surface area contributed by atoms with Gasteiger partial charge in [0.2, 0.25) is 0 Å². The molecule has 1 saturated carbocycles. The highest BCUT2D eigenvalue weighted by atomic mass is 19.3.